The van der Waals surface area contributed by atoms with Crippen molar-refractivity contribution in [2.24, 2.45) is 14.1 Å². The first-order valence-corrected chi connectivity index (χ1v) is 4.32. The third-order valence-corrected chi connectivity index (χ3v) is 1.95. The molecule has 2 rings (SSSR count). The molecule has 0 radical (unpaired) electrons. The Hall–Kier alpha value is -1.85. The molecule has 2 aromatic heterocycles. The van der Waals surface area contributed by atoms with Gasteiger partial charge in [0.15, 0.2) is 5.82 Å². The zero-order chi connectivity index (χ0) is 9.97. The van der Waals surface area contributed by atoms with E-state index in [4.69, 9.17) is 0 Å². The Morgan fingerprint density at radius 2 is 2.29 bits per heavy atom. The molecule has 0 bridgehead atoms. The molecular formula is C8H12N6. The molecule has 0 unspecified atom stereocenters. The van der Waals surface area contributed by atoms with Gasteiger partial charge in [-0.1, -0.05) is 5.21 Å². The number of aryl methyl sites for hydroxylation is 2. The minimum Gasteiger partial charge on any atom is -0.360 e. The van der Waals surface area contributed by atoms with Gasteiger partial charge in [0, 0.05) is 26.5 Å². The van der Waals surface area contributed by atoms with E-state index in [1.165, 1.54) is 0 Å². The summed E-state index contributed by atoms with van der Waals surface area (Å²) in [6, 6.07) is 0. The molecule has 6 nitrogen and oxygen atoms in total. The lowest BCUT2D eigenvalue weighted by molar-refractivity contribution is 0.715. The van der Waals surface area contributed by atoms with E-state index in [0.29, 0.717) is 6.54 Å². The van der Waals surface area contributed by atoms with E-state index in [9.17, 15) is 0 Å². The van der Waals surface area contributed by atoms with Crippen LogP contribution in [-0.4, -0.2) is 24.5 Å². The van der Waals surface area contributed by atoms with Gasteiger partial charge in [0.25, 0.3) is 0 Å². The van der Waals surface area contributed by atoms with E-state index in [0.717, 1.165) is 11.6 Å². The highest BCUT2D eigenvalue weighted by molar-refractivity contribution is 5.29. The molecule has 0 saturated carbocycles. The molecule has 0 aliphatic carbocycles. The van der Waals surface area contributed by atoms with Crippen LogP contribution >= 0.6 is 0 Å². The zero-order valence-corrected chi connectivity index (χ0v) is 8.18. The average molecular weight is 192 g/mol. The highest BCUT2D eigenvalue weighted by Crippen LogP contribution is 2.01. The lowest BCUT2D eigenvalue weighted by atomic mass is 10.5. The fraction of sp³-hybridized carbons (Fsp3) is 0.375. The van der Waals surface area contributed by atoms with Crippen molar-refractivity contribution >= 4 is 5.82 Å². The number of hydrogen-bond donors (Lipinski definition) is 1. The highest BCUT2D eigenvalue weighted by atomic mass is 15.4. The maximum absolute atomic E-state index is 4.18. The molecule has 74 valence electrons. The van der Waals surface area contributed by atoms with E-state index in [2.05, 4.69) is 20.6 Å². The second-order valence-electron chi connectivity index (χ2n) is 3.09. The van der Waals surface area contributed by atoms with Gasteiger partial charge in [-0.15, -0.1) is 5.10 Å². The van der Waals surface area contributed by atoms with Crippen LogP contribution < -0.4 is 5.32 Å². The molecule has 2 heterocycles. The van der Waals surface area contributed by atoms with Gasteiger partial charge in [-0.05, 0) is 0 Å². The Bertz CT molecular complexity index is 415. The van der Waals surface area contributed by atoms with Gasteiger partial charge in [0.1, 0.15) is 5.82 Å². The predicted octanol–water partition coefficient (Wildman–Crippen LogP) is 0.161. The van der Waals surface area contributed by atoms with Gasteiger partial charge in [0.05, 0.1) is 12.7 Å². The number of nitrogens with zero attached hydrogens (tertiary/aromatic N) is 5. The summed E-state index contributed by atoms with van der Waals surface area (Å²) in [5, 5.41) is 10.9. The Morgan fingerprint density at radius 1 is 1.43 bits per heavy atom. The van der Waals surface area contributed by atoms with Gasteiger partial charge in [-0.25, -0.2) is 4.98 Å². The topological polar surface area (TPSA) is 60.6 Å². The van der Waals surface area contributed by atoms with Crippen LogP contribution in [0.4, 0.5) is 5.82 Å². The van der Waals surface area contributed by atoms with Crippen LogP contribution in [0.3, 0.4) is 0 Å². The first kappa shape index (κ1) is 8.74. The summed E-state index contributed by atoms with van der Waals surface area (Å²) >= 11 is 0. The number of rotatable bonds is 3. The van der Waals surface area contributed by atoms with E-state index in [1.807, 2.05) is 31.1 Å². The highest BCUT2D eigenvalue weighted by Gasteiger charge is 2.00. The summed E-state index contributed by atoms with van der Waals surface area (Å²) < 4.78 is 3.62. The molecule has 0 saturated heterocycles. The van der Waals surface area contributed by atoms with Crippen LogP contribution in [0.15, 0.2) is 18.6 Å². The standard InChI is InChI=1S/C8H12N6/c1-13-4-3-9-8(13)5-10-7-6-14(2)12-11-7/h3-4,6,10H,5H2,1-2H3. The molecule has 0 fully saturated rings. The molecule has 0 spiro atoms. The van der Waals surface area contributed by atoms with Crippen LogP contribution in [0.25, 0.3) is 0 Å². The van der Waals surface area contributed by atoms with Crippen LogP contribution in [0.5, 0.6) is 0 Å². The third-order valence-electron chi connectivity index (χ3n) is 1.95. The van der Waals surface area contributed by atoms with Crippen molar-refractivity contribution in [3.05, 3.63) is 24.4 Å². The smallest absolute Gasteiger partial charge is 0.168 e. The van der Waals surface area contributed by atoms with Crippen molar-refractivity contribution in [2.45, 2.75) is 6.54 Å². The summed E-state index contributed by atoms with van der Waals surface area (Å²) in [5.74, 6) is 1.73. The number of aromatic nitrogens is 5. The van der Waals surface area contributed by atoms with Crippen molar-refractivity contribution < 1.29 is 0 Å². The molecule has 2 aromatic rings. The van der Waals surface area contributed by atoms with Crippen LogP contribution in [0.2, 0.25) is 0 Å². The minimum atomic E-state index is 0.655. The molecule has 1 N–H and O–H groups in total. The van der Waals surface area contributed by atoms with E-state index in [1.54, 1.807) is 10.9 Å². The summed E-state index contributed by atoms with van der Waals surface area (Å²) in [6.07, 6.45) is 5.50. The maximum atomic E-state index is 4.18. The van der Waals surface area contributed by atoms with E-state index in [-0.39, 0.29) is 0 Å². The predicted molar refractivity (Wildman–Crippen MR) is 51.5 cm³/mol. The molecule has 14 heavy (non-hydrogen) atoms. The SMILES string of the molecule is Cn1cc(NCc2nccn2C)nn1. The van der Waals surface area contributed by atoms with Gasteiger partial charge < -0.3 is 9.88 Å². The Kier molecular flexibility index (Phi) is 2.18. The third kappa shape index (κ3) is 1.73. The fourth-order valence-corrected chi connectivity index (χ4v) is 1.16. The first-order valence-electron chi connectivity index (χ1n) is 4.32. The van der Waals surface area contributed by atoms with E-state index >= 15 is 0 Å². The molecule has 6 heteroatoms. The summed E-state index contributed by atoms with van der Waals surface area (Å²) in [6.45, 7) is 0.655. The maximum Gasteiger partial charge on any atom is 0.168 e. The lowest BCUT2D eigenvalue weighted by Crippen LogP contribution is -2.05. The van der Waals surface area contributed by atoms with Crippen LogP contribution in [0.1, 0.15) is 5.82 Å². The van der Waals surface area contributed by atoms with Gasteiger partial charge in [0.2, 0.25) is 0 Å². The molecule has 0 aromatic carbocycles. The summed E-state index contributed by atoms with van der Waals surface area (Å²) in [7, 11) is 3.79. The quantitative estimate of drug-likeness (QED) is 0.752. The van der Waals surface area contributed by atoms with Crippen LogP contribution in [-0.2, 0) is 20.6 Å². The Balaban J connectivity index is 1.98. The molecule has 0 aliphatic rings. The molecular weight excluding hydrogens is 180 g/mol. The number of nitrogens with one attached hydrogen (secondary N) is 1. The average Bonchev–Trinajstić information content (AvgIpc) is 2.72. The second kappa shape index (κ2) is 3.49. The zero-order valence-electron chi connectivity index (χ0n) is 8.18. The molecule has 0 aliphatic heterocycles. The molecule has 0 atom stereocenters. The van der Waals surface area contributed by atoms with Crippen molar-refractivity contribution in [3.8, 4) is 0 Å². The lowest BCUT2D eigenvalue weighted by Gasteiger charge is -2.01. The minimum absolute atomic E-state index is 0.655. The van der Waals surface area contributed by atoms with Gasteiger partial charge in [-0.3, -0.25) is 4.68 Å². The van der Waals surface area contributed by atoms with Crippen molar-refractivity contribution in [1.29, 1.82) is 0 Å². The Labute approximate surface area is 81.6 Å². The van der Waals surface area contributed by atoms with Crippen LogP contribution in [0, 0.1) is 0 Å². The Morgan fingerprint density at radius 3 is 2.86 bits per heavy atom. The fourth-order valence-electron chi connectivity index (χ4n) is 1.16. The van der Waals surface area contributed by atoms with Crippen molar-refractivity contribution in [3.63, 3.8) is 0 Å². The van der Waals surface area contributed by atoms with Crippen molar-refractivity contribution in [2.75, 3.05) is 5.32 Å². The number of hydrogen-bond acceptors (Lipinski definition) is 4. The number of imidazole rings is 1. The molecule has 0 amide bonds. The first-order chi connectivity index (χ1) is 6.75. The van der Waals surface area contributed by atoms with Gasteiger partial charge >= 0.3 is 0 Å². The summed E-state index contributed by atoms with van der Waals surface area (Å²) in [5.41, 5.74) is 0. The largest absolute Gasteiger partial charge is 0.360 e. The second-order valence-corrected chi connectivity index (χ2v) is 3.09. The monoisotopic (exact) mass is 192 g/mol. The number of anilines is 1. The van der Waals surface area contributed by atoms with E-state index < -0.39 is 0 Å². The van der Waals surface area contributed by atoms with Crippen molar-refractivity contribution in [1.82, 2.24) is 24.5 Å². The normalized spacial score (nSPS) is 10.4. The summed E-state index contributed by atoms with van der Waals surface area (Å²) in [4.78, 5) is 4.18. The van der Waals surface area contributed by atoms with Gasteiger partial charge in [-0.2, -0.15) is 0 Å².